The summed E-state index contributed by atoms with van der Waals surface area (Å²) in [5.41, 5.74) is 0. The Morgan fingerprint density at radius 2 is 2.33 bits per heavy atom. The summed E-state index contributed by atoms with van der Waals surface area (Å²) in [4.78, 5) is 4.76. The summed E-state index contributed by atoms with van der Waals surface area (Å²) in [7, 11) is -1.19. The molecule has 4 nitrogen and oxygen atoms in total. The molecule has 0 aliphatic carbocycles. The Hall–Kier alpha value is -0.780. The van der Waals surface area contributed by atoms with Crippen LogP contribution in [0.25, 0.3) is 0 Å². The van der Waals surface area contributed by atoms with Gasteiger partial charge in [-0.15, -0.1) is 0 Å². The summed E-state index contributed by atoms with van der Waals surface area (Å²) in [6.07, 6.45) is 5.90. The second-order valence-electron chi connectivity index (χ2n) is 5.30. The summed E-state index contributed by atoms with van der Waals surface area (Å²) in [5.74, 6) is 0.310. The fourth-order valence-corrected chi connectivity index (χ4v) is 4.74. The van der Waals surface area contributed by atoms with Crippen LogP contribution in [0, 0.1) is 5.92 Å². The standard InChI is InChI=1S/C13H18N2O2S/c1-9-7-10-4-5-12(13(9)16)15(10)18(17)11-3-2-6-14-8-11/h2-3,6,8-10,12-13,16H,4-5,7H2,1H3/t9-,10-,12+,13?,18?/m1/s1. The van der Waals surface area contributed by atoms with Gasteiger partial charge in [0, 0.05) is 24.5 Å². The molecule has 3 heterocycles. The molecule has 0 saturated carbocycles. The molecule has 98 valence electrons. The fourth-order valence-electron chi connectivity index (χ4n) is 3.21. The molecule has 2 unspecified atom stereocenters. The lowest BCUT2D eigenvalue weighted by Crippen LogP contribution is -2.51. The number of pyridine rings is 1. The van der Waals surface area contributed by atoms with Crippen molar-refractivity contribution in [2.24, 2.45) is 5.92 Å². The Labute approximate surface area is 110 Å². The molecule has 2 aliphatic heterocycles. The van der Waals surface area contributed by atoms with Gasteiger partial charge < -0.3 is 5.11 Å². The molecular formula is C13H18N2O2S. The molecule has 0 spiro atoms. The van der Waals surface area contributed by atoms with E-state index in [1.165, 1.54) is 0 Å². The largest absolute Gasteiger partial charge is 0.391 e. The minimum Gasteiger partial charge on any atom is -0.391 e. The zero-order valence-corrected chi connectivity index (χ0v) is 11.2. The number of hydrogen-bond acceptors (Lipinski definition) is 3. The van der Waals surface area contributed by atoms with Gasteiger partial charge in [-0.1, -0.05) is 6.92 Å². The first-order valence-electron chi connectivity index (χ1n) is 6.47. The van der Waals surface area contributed by atoms with Gasteiger partial charge in [-0.25, -0.2) is 8.51 Å². The Bertz CT molecular complexity index is 454. The van der Waals surface area contributed by atoms with Gasteiger partial charge in [-0.3, -0.25) is 4.98 Å². The molecule has 0 amide bonds. The molecule has 1 aromatic heterocycles. The van der Waals surface area contributed by atoms with Crippen molar-refractivity contribution in [3.63, 3.8) is 0 Å². The lowest BCUT2D eigenvalue weighted by molar-refractivity contribution is 0.0176. The van der Waals surface area contributed by atoms with Crippen LogP contribution in [0.3, 0.4) is 0 Å². The van der Waals surface area contributed by atoms with Crippen molar-refractivity contribution in [2.45, 2.75) is 49.3 Å². The summed E-state index contributed by atoms with van der Waals surface area (Å²) >= 11 is 0. The van der Waals surface area contributed by atoms with Crippen LogP contribution < -0.4 is 0 Å². The molecule has 3 rings (SSSR count). The van der Waals surface area contributed by atoms with E-state index >= 15 is 0 Å². The smallest absolute Gasteiger partial charge is 0.129 e. The monoisotopic (exact) mass is 266 g/mol. The maximum absolute atomic E-state index is 12.6. The highest BCUT2D eigenvalue weighted by atomic mass is 32.2. The van der Waals surface area contributed by atoms with Gasteiger partial charge in [-0.2, -0.15) is 0 Å². The van der Waals surface area contributed by atoms with Gasteiger partial charge in [0.25, 0.3) is 0 Å². The summed E-state index contributed by atoms with van der Waals surface area (Å²) in [6, 6.07) is 4.03. The molecular weight excluding hydrogens is 248 g/mol. The summed E-state index contributed by atoms with van der Waals surface area (Å²) in [5, 5.41) is 10.2. The Kier molecular flexibility index (Phi) is 3.21. The van der Waals surface area contributed by atoms with E-state index in [1.54, 1.807) is 18.5 Å². The summed E-state index contributed by atoms with van der Waals surface area (Å²) < 4.78 is 14.6. The normalized spacial score (nSPS) is 37.7. The number of aliphatic hydroxyl groups excluding tert-OH is 1. The number of aromatic nitrogens is 1. The van der Waals surface area contributed by atoms with Crippen LogP contribution in [0.5, 0.6) is 0 Å². The minimum atomic E-state index is -1.19. The zero-order valence-electron chi connectivity index (χ0n) is 10.4. The third kappa shape index (κ3) is 1.90. The number of rotatable bonds is 2. The molecule has 1 N–H and O–H groups in total. The van der Waals surface area contributed by atoms with E-state index in [9.17, 15) is 9.32 Å². The molecule has 5 heteroatoms. The maximum atomic E-state index is 12.6. The van der Waals surface area contributed by atoms with Crippen LogP contribution in [-0.4, -0.2) is 36.8 Å². The van der Waals surface area contributed by atoms with E-state index in [0.717, 1.165) is 24.2 Å². The predicted octanol–water partition coefficient (Wildman–Crippen LogP) is 1.34. The molecule has 1 aromatic rings. The van der Waals surface area contributed by atoms with Crippen LogP contribution >= 0.6 is 0 Å². The second-order valence-corrected chi connectivity index (χ2v) is 6.69. The number of hydrogen-bond donors (Lipinski definition) is 1. The van der Waals surface area contributed by atoms with Crippen molar-refractivity contribution in [1.82, 2.24) is 9.29 Å². The lowest BCUT2D eigenvalue weighted by Gasteiger charge is -2.39. The van der Waals surface area contributed by atoms with Crippen molar-refractivity contribution >= 4 is 11.0 Å². The average molecular weight is 266 g/mol. The molecule has 2 bridgehead atoms. The van der Waals surface area contributed by atoms with Gasteiger partial charge >= 0.3 is 0 Å². The van der Waals surface area contributed by atoms with E-state index in [4.69, 9.17) is 0 Å². The van der Waals surface area contributed by atoms with Crippen molar-refractivity contribution < 1.29 is 9.32 Å². The molecule has 2 saturated heterocycles. The average Bonchev–Trinajstić information content (AvgIpc) is 2.75. The third-order valence-electron chi connectivity index (χ3n) is 4.13. The van der Waals surface area contributed by atoms with Crippen LogP contribution in [0.1, 0.15) is 26.2 Å². The molecule has 0 radical (unpaired) electrons. The quantitative estimate of drug-likeness (QED) is 0.879. The topological polar surface area (TPSA) is 53.4 Å². The Morgan fingerprint density at radius 1 is 1.50 bits per heavy atom. The lowest BCUT2D eigenvalue weighted by atomic mass is 9.91. The first-order chi connectivity index (χ1) is 8.68. The highest BCUT2D eigenvalue weighted by Crippen LogP contribution is 2.40. The van der Waals surface area contributed by atoms with Gasteiger partial charge in [-0.05, 0) is 37.3 Å². The van der Waals surface area contributed by atoms with E-state index in [0.29, 0.717) is 12.0 Å². The second kappa shape index (κ2) is 4.72. The highest BCUT2D eigenvalue weighted by molar-refractivity contribution is 7.82. The van der Waals surface area contributed by atoms with Crippen LogP contribution in [0.2, 0.25) is 0 Å². The SMILES string of the molecule is C[C@@H]1C[C@H]2CC[C@@H](C1O)N2S(=O)c1cccnc1. The Balaban J connectivity index is 1.87. The van der Waals surface area contributed by atoms with E-state index in [2.05, 4.69) is 11.9 Å². The first-order valence-corrected chi connectivity index (χ1v) is 7.57. The molecule has 2 fully saturated rings. The molecule has 2 aliphatic rings. The van der Waals surface area contributed by atoms with Crippen LogP contribution in [0.15, 0.2) is 29.4 Å². The van der Waals surface area contributed by atoms with Crippen molar-refractivity contribution in [3.8, 4) is 0 Å². The van der Waals surface area contributed by atoms with Gasteiger partial charge in [0.15, 0.2) is 0 Å². The third-order valence-corrected chi connectivity index (χ3v) is 5.73. The molecule has 5 atom stereocenters. The molecule has 18 heavy (non-hydrogen) atoms. The molecule has 0 aromatic carbocycles. The van der Waals surface area contributed by atoms with Crippen LogP contribution in [0.4, 0.5) is 0 Å². The zero-order chi connectivity index (χ0) is 12.7. The van der Waals surface area contributed by atoms with Crippen molar-refractivity contribution in [2.75, 3.05) is 0 Å². The van der Waals surface area contributed by atoms with Crippen molar-refractivity contribution in [1.29, 1.82) is 0 Å². The number of aliphatic hydroxyl groups is 1. The van der Waals surface area contributed by atoms with Crippen molar-refractivity contribution in [3.05, 3.63) is 24.5 Å². The maximum Gasteiger partial charge on any atom is 0.129 e. The van der Waals surface area contributed by atoms with Gasteiger partial charge in [0.2, 0.25) is 0 Å². The van der Waals surface area contributed by atoms with E-state index in [1.807, 2.05) is 10.4 Å². The first kappa shape index (κ1) is 12.3. The number of nitrogens with zero attached hydrogens (tertiary/aromatic N) is 2. The minimum absolute atomic E-state index is 0.0415. The number of fused-ring (bicyclic) bond motifs is 2. The Morgan fingerprint density at radius 3 is 3.06 bits per heavy atom. The summed E-state index contributed by atoms with van der Waals surface area (Å²) in [6.45, 7) is 2.08. The fraction of sp³-hybridized carbons (Fsp3) is 0.615. The van der Waals surface area contributed by atoms with Crippen LogP contribution in [-0.2, 0) is 11.0 Å². The highest BCUT2D eigenvalue weighted by Gasteiger charge is 2.47. The van der Waals surface area contributed by atoms with Gasteiger partial charge in [0.1, 0.15) is 11.0 Å². The number of piperidine rings is 1. The predicted molar refractivity (Wildman–Crippen MR) is 69.1 cm³/mol. The van der Waals surface area contributed by atoms with E-state index < -0.39 is 11.0 Å². The van der Waals surface area contributed by atoms with Gasteiger partial charge in [0.05, 0.1) is 11.0 Å². The van der Waals surface area contributed by atoms with E-state index in [-0.39, 0.29) is 12.1 Å².